The monoisotopic (exact) mass is 652 g/mol. The topological polar surface area (TPSA) is 78.9 Å². The summed E-state index contributed by atoms with van der Waals surface area (Å²) in [6, 6.07) is 11.8. The van der Waals surface area contributed by atoms with Crippen molar-refractivity contribution in [3.63, 3.8) is 0 Å². The van der Waals surface area contributed by atoms with E-state index in [-0.39, 0.29) is 34.3 Å². The van der Waals surface area contributed by atoms with E-state index in [4.69, 9.17) is 16.3 Å². The van der Waals surface area contributed by atoms with Crippen molar-refractivity contribution in [2.45, 2.75) is 88.9 Å². The molecule has 0 aromatic heterocycles. The summed E-state index contributed by atoms with van der Waals surface area (Å²) < 4.78 is 23.2. The Morgan fingerprint density at radius 2 is 2.00 bits per heavy atom. The van der Waals surface area contributed by atoms with Gasteiger partial charge in [-0.3, -0.25) is 9.52 Å². The van der Waals surface area contributed by atoms with Gasteiger partial charge in [-0.1, -0.05) is 50.6 Å². The van der Waals surface area contributed by atoms with Gasteiger partial charge in [0.05, 0.1) is 27.6 Å². The lowest BCUT2D eigenvalue weighted by Gasteiger charge is -2.49. The molecular formula is C37H49ClN2O4S. The van der Waals surface area contributed by atoms with Gasteiger partial charge in [0, 0.05) is 34.3 Å². The first-order chi connectivity index (χ1) is 21.3. The number of ether oxygens (including phenoxy) is 1. The Morgan fingerprint density at radius 3 is 2.73 bits per heavy atom. The van der Waals surface area contributed by atoms with E-state index in [0.29, 0.717) is 30.9 Å². The van der Waals surface area contributed by atoms with Gasteiger partial charge in [-0.05, 0) is 123 Å². The van der Waals surface area contributed by atoms with Crippen LogP contribution in [0.25, 0.3) is 0 Å². The van der Waals surface area contributed by atoms with E-state index in [9.17, 15) is 14.1 Å². The summed E-state index contributed by atoms with van der Waals surface area (Å²) in [6.07, 6.45) is 10.5. The first-order valence-electron chi connectivity index (χ1n) is 16.7. The van der Waals surface area contributed by atoms with Gasteiger partial charge >= 0.3 is 0 Å². The molecule has 6 rings (SSSR count). The number of benzene rings is 2. The smallest absolute Gasteiger partial charge is 0.262 e. The molecule has 0 saturated heterocycles. The van der Waals surface area contributed by atoms with Crippen LogP contribution in [0.1, 0.15) is 87.7 Å². The molecule has 2 N–H and O–H groups in total. The predicted molar refractivity (Wildman–Crippen MR) is 186 cm³/mol. The van der Waals surface area contributed by atoms with Crippen LogP contribution in [0.4, 0.5) is 5.69 Å². The van der Waals surface area contributed by atoms with Crippen LogP contribution in [-0.2, 0) is 21.5 Å². The minimum Gasteiger partial charge on any atom is -0.490 e. The lowest BCUT2D eigenvalue weighted by molar-refractivity contribution is -0.0577. The molecule has 1 saturated carbocycles. The molecule has 2 bridgehead atoms. The highest BCUT2D eigenvalue weighted by Crippen LogP contribution is 2.49. The third kappa shape index (κ3) is 6.29. The molecule has 1 spiro atoms. The molecule has 8 heteroatoms. The number of rotatable bonds is 2. The van der Waals surface area contributed by atoms with Gasteiger partial charge in [-0.15, -0.1) is 0 Å². The largest absolute Gasteiger partial charge is 0.490 e. The van der Waals surface area contributed by atoms with E-state index >= 15 is 0 Å². The van der Waals surface area contributed by atoms with Crippen LogP contribution in [0.3, 0.4) is 0 Å². The molecule has 1 amide bonds. The summed E-state index contributed by atoms with van der Waals surface area (Å²) >= 11 is 6.44. The number of halogens is 1. The standard InChI is InChI=1S/C37H49ClN2O4S/c1-24(2)20-37(42)17-6-8-25(3)26(4)45(5,43)39-35(41)28-11-15-34-33(19-28)40(21-29-10-13-32(29)37)22-36(23-44-34)16-7-9-27-18-30(38)12-14-31(27)36/h6,11-12,14-15,17-19,24-26,29,32,42H,5,7-10,13,16,20-23H2,1-4H3,(H,39,41,43)/b17-6+/t25-,26+,29-,32+,36-,37+,45?/m0/s1. The molecular weight excluding hydrogens is 604 g/mol. The molecule has 2 heterocycles. The van der Waals surface area contributed by atoms with Crippen molar-refractivity contribution in [3.05, 3.63) is 70.3 Å². The molecule has 0 radical (unpaired) electrons. The van der Waals surface area contributed by atoms with Crippen LogP contribution in [0, 0.1) is 23.7 Å². The van der Waals surface area contributed by atoms with Gasteiger partial charge in [0.1, 0.15) is 5.75 Å². The number of aryl methyl sites for hydroxylation is 1. The fourth-order valence-electron chi connectivity index (χ4n) is 8.34. The van der Waals surface area contributed by atoms with Gasteiger partial charge in [0.25, 0.3) is 5.91 Å². The van der Waals surface area contributed by atoms with E-state index in [0.717, 1.165) is 61.7 Å². The second-order valence-electron chi connectivity index (χ2n) is 14.8. The van der Waals surface area contributed by atoms with Gasteiger partial charge in [0.2, 0.25) is 0 Å². The fourth-order valence-corrected chi connectivity index (χ4v) is 10.0. The number of nitrogens with one attached hydrogen (secondary N) is 1. The Balaban J connectivity index is 1.45. The zero-order chi connectivity index (χ0) is 32.1. The van der Waals surface area contributed by atoms with Gasteiger partial charge in [0.15, 0.2) is 0 Å². The number of amides is 1. The van der Waals surface area contributed by atoms with E-state index in [2.05, 4.69) is 47.5 Å². The van der Waals surface area contributed by atoms with Gasteiger partial charge in [-0.25, -0.2) is 4.21 Å². The number of hydrogen-bond donors (Lipinski definition) is 2. The summed E-state index contributed by atoms with van der Waals surface area (Å²) in [6.45, 7) is 10.3. The highest BCUT2D eigenvalue weighted by Gasteiger charge is 2.48. The lowest BCUT2D eigenvalue weighted by Crippen LogP contribution is -2.52. The highest BCUT2D eigenvalue weighted by atomic mass is 35.5. The van der Waals surface area contributed by atoms with Crippen LogP contribution in [0.2, 0.25) is 5.02 Å². The molecule has 2 aliphatic heterocycles. The number of carbonyl (C=O) groups is 1. The van der Waals surface area contributed by atoms with E-state index < -0.39 is 15.3 Å². The molecule has 244 valence electrons. The average molecular weight is 653 g/mol. The molecule has 1 unspecified atom stereocenters. The Bertz CT molecular complexity index is 1590. The second-order valence-corrected chi connectivity index (χ2v) is 17.6. The maximum atomic E-state index is 13.8. The van der Waals surface area contributed by atoms with Crippen molar-refractivity contribution in [1.82, 2.24) is 4.72 Å². The van der Waals surface area contributed by atoms with Crippen molar-refractivity contribution < 1.29 is 18.8 Å². The summed E-state index contributed by atoms with van der Waals surface area (Å²) in [4.78, 5) is 16.0. The first kappa shape index (κ1) is 32.5. The number of nitrogens with zero attached hydrogens (tertiary/aromatic N) is 1. The molecule has 6 nitrogen and oxygen atoms in total. The second kappa shape index (κ2) is 12.3. The average Bonchev–Trinajstić information content (AvgIpc) is 3.10. The zero-order valence-corrected chi connectivity index (χ0v) is 28.8. The number of anilines is 1. The molecule has 7 atom stereocenters. The molecule has 2 aliphatic carbocycles. The Labute approximate surface area is 274 Å². The molecule has 2 aromatic carbocycles. The Morgan fingerprint density at radius 1 is 1.20 bits per heavy atom. The minimum atomic E-state index is -2.94. The number of carbonyl (C=O) groups excluding carboxylic acids is 1. The highest BCUT2D eigenvalue weighted by molar-refractivity contribution is 7.99. The zero-order valence-electron chi connectivity index (χ0n) is 27.2. The Hall–Kier alpha value is -2.48. The van der Waals surface area contributed by atoms with E-state index in [1.165, 1.54) is 11.1 Å². The van der Waals surface area contributed by atoms with Crippen LogP contribution in [-0.4, -0.2) is 51.6 Å². The quantitative estimate of drug-likeness (QED) is 0.271. The summed E-state index contributed by atoms with van der Waals surface area (Å²) in [7, 11) is -2.94. The molecule has 1 fully saturated rings. The van der Waals surface area contributed by atoms with E-state index in [1.54, 1.807) is 6.07 Å². The van der Waals surface area contributed by atoms with Crippen LogP contribution >= 0.6 is 11.6 Å². The van der Waals surface area contributed by atoms with Crippen molar-refractivity contribution >= 4 is 38.8 Å². The SMILES string of the molecule is C=S1(=O)NC(=O)c2ccc3c(c2)N(C[C@@H]2CC[C@H]2[C@](O)(CC(C)C)/C=C/C[C@H](C)[C@H]1C)C[C@@]1(CCCc2cc(Cl)ccc21)CO3. The van der Waals surface area contributed by atoms with Crippen molar-refractivity contribution in [2.75, 3.05) is 24.6 Å². The minimum absolute atomic E-state index is 0.000298. The summed E-state index contributed by atoms with van der Waals surface area (Å²) in [5, 5.41) is 12.7. The van der Waals surface area contributed by atoms with Gasteiger partial charge in [-0.2, -0.15) is 0 Å². The summed E-state index contributed by atoms with van der Waals surface area (Å²) in [5.74, 6) is 5.10. The van der Waals surface area contributed by atoms with Crippen LogP contribution < -0.4 is 14.4 Å². The van der Waals surface area contributed by atoms with Crippen molar-refractivity contribution in [1.29, 1.82) is 0 Å². The van der Waals surface area contributed by atoms with Crippen molar-refractivity contribution in [2.24, 2.45) is 23.7 Å². The molecule has 45 heavy (non-hydrogen) atoms. The maximum Gasteiger partial charge on any atom is 0.262 e. The number of allylic oxidation sites excluding steroid dienone is 1. The lowest BCUT2D eigenvalue weighted by atomic mass is 9.62. The predicted octanol–water partition coefficient (Wildman–Crippen LogP) is 6.96. The molecule has 4 aliphatic rings. The number of hydrogen-bond acceptors (Lipinski definition) is 5. The Kier molecular flexibility index (Phi) is 8.86. The number of aliphatic hydroxyl groups is 1. The molecule has 2 aromatic rings. The third-order valence-electron chi connectivity index (χ3n) is 11.1. The third-order valence-corrected chi connectivity index (χ3v) is 13.6. The normalized spacial score (nSPS) is 35.8. The summed E-state index contributed by atoms with van der Waals surface area (Å²) in [5.41, 5.74) is 2.73. The van der Waals surface area contributed by atoms with Crippen LogP contribution in [0.15, 0.2) is 48.6 Å². The van der Waals surface area contributed by atoms with E-state index in [1.807, 2.05) is 38.1 Å². The fraction of sp³-hybridized carbons (Fsp3) is 0.568. The van der Waals surface area contributed by atoms with Crippen LogP contribution in [0.5, 0.6) is 5.75 Å². The van der Waals surface area contributed by atoms with Crippen molar-refractivity contribution in [3.8, 4) is 5.75 Å². The maximum absolute atomic E-state index is 13.8. The number of fused-ring (bicyclic) bond motifs is 4. The first-order valence-corrected chi connectivity index (χ1v) is 18.9. The van der Waals surface area contributed by atoms with Gasteiger partial charge < -0.3 is 14.7 Å².